The maximum absolute atomic E-state index is 12.0. The van der Waals surface area contributed by atoms with Crippen LogP contribution in [0.5, 0.6) is 0 Å². The number of carbonyl (C=O) groups is 2. The molecule has 0 unspecified atom stereocenters. The first-order valence-corrected chi connectivity index (χ1v) is 6.53. The van der Waals surface area contributed by atoms with E-state index in [1.807, 2.05) is 32.0 Å². The summed E-state index contributed by atoms with van der Waals surface area (Å²) in [5, 5.41) is 11.9. The summed E-state index contributed by atoms with van der Waals surface area (Å²) in [6.45, 7) is 4.44. The summed E-state index contributed by atoms with van der Waals surface area (Å²) in [5.74, 6) is -1.36. The molecule has 0 bridgehead atoms. The third-order valence-corrected chi connectivity index (χ3v) is 4.08. The van der Waals surface area contributed by atoms with E-state index in [1.54, 1.807) is 0 Å². The highest BCUT2D eigenvalue weighted by molar-refractivity contribution is 6.02. The standard InChI is InChI=1S/C15H19NO3/c1-10-4-5-12(8-11(10)2)9-16-13(17)15(14(18)19)6-3-7-15/h4-5,8H,3,6-7,9H2,1-2H3,(H,16,17)(H,18,19). The van der Waals surface area contributed by atoms with Crippen molar-refractivity contribution < 1.29 is 14.7 Å². The van der Waals surface area contributed by atoms with Crippen LogP contribution in [-0.4, -0.2) is 17.0 Å². The van der Waals surface area contributed by atoms with Crippen molar-refractivity contribution in [3.8, 4) is 0 Å². The first kappa shape index (κ1) is 13.6. The van der Waals surface area contributed by atoms with Crippen molar-refractivity contribution in [1.29, 1.82) is 0 Å². The maximum Gasteiger partial charge on any atom is 0.319 e. The van der Waals surface area contributed by atoms with Crippen molar-refractivity contribution in [2.75, 3.05) is 0 Å². The van der Waals surface area contributed by atoms with Crippen LogP contribution in [0.1, 0.15) is 36.0 Å². The van der Waals surface area contributed by atoms with E-state index in [-0.39, 0.29) is 5.91 Å². The fourth-order valence-corrected chi connectivity index (χ4v) is 2.33. The first-order valence-electron chi connectivity index (χ1n) is 6.53. The van der Waals surface area contributed by atoms with Crippen LogP contribution >= 0.6 is 0 Å². The van der Waals surface area contributed by atoms with Gasteiger partial charge in [-0.25, -0.2) is 0 Å². The molecule has 0 aromatic heterocycles. The van der Waals surface area contributed by atoms with E-state index in [0.717, 1.165) is 12.0 Å². The van der Waals surface area contributed by atoms with Gasteiger partial charge in [-0.05, 0) is 43.4 Å². The number of aliphatic carboxylic acids is 1. The minimum Gasteiger partial charge on any atom is -0.480 e. The van der Waals surface area contributed by atoms with Gasteiger partial charge < -0.3 is 10.4 Å². The lowest BCUT2D eigenvalue weighted by Crippen LogP contribution is -2.50. The van der Waals surface area contributed by atoms with Gasteiger partial charge in [-0.15, -0.1) is 0 Å². The fourth-order valence-electron chi connectivity index (χ4n) is 2.33. The maximum atomic E-state index is 12.0. The van der Waals surface area contributed by atoms with Gasteiger partial charge in [0.2, 0.25) is 5.91 Å². The number of amides is 1. The number of rotatable bonds is 4. The van der Waals surface area contributed by atoms with Crippen molar-refractivity contribution in [3.63, 3.8) is 0 Å². The second-order valence-electron chi connectivity index (χ2n) is 5.34. The number of hydrogen-bond donors (Lipinski definition) is 2. The summed E-state index contributed by atoms with van der Waals surface area (Å²) < 4.78 is 0. The molecule has 102 valence electrons. The Bertz CT molecular complexity index is 518. The smallest absolute Gasteiger partial charge is 0.319 e. The van der Waals surface area contributed by atoms with Gasteiger partial charge in [0.1, 0.15) is 5.41 Å². The van der Waals surface area contributed by atoms with Gasteiger partial charge in [0.05, 0.1) is 0 Å². The lowest BCUT2D eigenvalue weighted by Gasteiger charge is -2.35. The molecule has 0 aliphatic heterocycles. The van der Waals surface area contributed by atoms with Crippen LogP contribution in [0.25, 0.3) is 0 Å². The fraction of sp³-hybridized carbons (Fsp3) is 0.467. The molecule has 1 aromatic rings. The number of nitrogens with one attached hydrogen (secondary N) is 1. The molecule has 1 amide bonds. The molecule has 2 N–H and O–H groups in total. The molecule has 19 heavy (non-hydrogen) atoms. The van der Waals surface area contributed by atoms with E-state index in [4.69, 9.17) is 0 Å². The molecule has 2 rings (SSSR count). The number of benzene rings is 1. The Morgan fingerprint density at radius 3 is 2.42 bits per heavy atom. The van der Waals surface area contributed by atoms with Crippen LogP contribution in [0, 0.1) is 19.3 Å². The van der Waals surface area contributed by atoms with Crippen molar-refractivity contribution >= 4 is 11.9 Å². The predicted octanol–water partition coefficient (Wildman–Crippen LogP) is 2.17. The van der Waals surface area contributed by atoms with Crippen molar-refractivity contribution in [1.82, 2.24) is 5.32 Å². The molecule has 0 heterocycles. The third kappa shape index (κ3) is 2.48. The van der Waals surface area contributed by atoms with E-state index in [0.29, 0.717) is 19.4 Å². The lowest BCUT2D eigenvalue weighted by atomic mass is 9.68. The van der Waals surface area contributed by atoms with E-state index >= 15 is 0 Å². The van der Waals surface area contributed by atoms with E-state index in [9.17, 15) is 14.7 Å². The molecule has 0 radical (unpaired) electrons. The first-order chi connectivity index (χ1) is 8.95. The molecule has 1 aliphatic rings. The minimum absolute atomic E-state index is 0.357. The Kier molecular flexibility index (Phi) is 3.60. The molecule has 1 saturated carbocycles. The highest BCUT2D eigenvalue weighted by Gasteiger charge is 2.50. The second-order valence-corrected chi connectivity index (χ2v) is 5.34. The topological polar surface area (TPSA) is 66.4 Å². The van der Waals surface area contributed by atoms with Crippen LogP contribution in [0.15, 0.2) is 18.2 Å². The average Bonchev–Trinajstić information content (AvgIpc) is 2.28. The zero-order valence-corrected chi connectivity index (χ0v) is 11.3. The zero-order chi connectivity index (χ0) is 14.0. The molecule has 1 aliphatic carbocycles. The molecular formula is C15H19NO3. The SMILES string of the molecule is Cc1ccc(CNC(=O)C2(C(=O)O)CCC2)cc1C. The molecule has 0 spiro atoms. The summed E-state index contributed by atoms with van der Waals surface area (Å²) in [7, 11) is 0. The predicted molar refractivity (Wildman–Crippen MR) is 71.7 cm³/mol. The van der Waals surface area contributed by atoms with Crippen LogP contribution in [-0.2, 0) is 16.1 Å². The van der Waals surface area contributed by atoms with Crippen LogP contribution < -0.4 is 5.32 Å². The number of hydrogen-bond acceptors (Lipinski definition) is 2. The Morgan fingerprint density at radius 2 is 1.95 bits per heavy atom. The van der Waals surface area contributed by atoms with Crippen molar-refractivity contribution in [3.05, 3.63) is 34.9 Å². The summed E-state index contributed by atoms with van der Waals surface area (Å²) in [5.41, 5.74) is 2.19. The van der Waals surface area contributed by atoms with Gasteiger partial charge >= 0.3 is 5.97 Å². The molecule has 4 heteroatoms. The zero-order valence-electron chi connectivity index (χ0n) is 11.3. The largest absolute Gasteiger partial charge is 0.480 e. The summed E-state index contributed by atoms with van der Waals surface area (Å²) in [6, 6.07) is 5.98. The van der Waals surface area contributed by atoms with Gasteiger partial charge in [0.25, 0.3) is 0 Å². The van der Waals surface area contributed by atoms with Crippen LogP contribution in [0.4, 0.5) is 0 Å². The summed E-state index contributed by atoms with van der Waals surface area (Å²) in [4.78, 5) is 23.2. The molecule has 1 aromatic carbocycles. The minimum atomic E-state index is -1.18. The van der Waals surface area contributed by atoms with Gasteiger partial charge in [0.15, 0.2) is 0 Å². The number of carboxylic acid groups (broad SMARTS) is 1. The molecule has 1 fully saturated rings. The lowest BCUT2D eigenvalue weighted by molar-refractivity contribution is -0.162. The molecule has 4 nitrogen and oxygen atoms in total. The van der Waals surface area contributed by atoms with Crippen LogP contribution in [0.2, 0.25) is 0 Å². The highest BCUT2D eigenvalue weighted by Crippen LogP contribution is 2.41. The van der Waals surface area contributed by atoms with Gasteiger partial charge in [-0.1, -0.05) is 24.6 Å². The Balaban J connectivity index is 2.00. The average molecular weight is 261 g/mol. The van der Waals surface area contributed by atoms with E-state index in [2.05, 4.69) is 5.32 Å². The van der Waals surface area contributed by atoms with Crippen molar-refractivity contribution in [2.45, 2.75) is 39.7 Å². The van der Waals surface area contributed by atoms with E-state index < -0.39 is 11.4 Å². The third-order valence-electron chi connectivity index (χ3n) is 4.08. The number of carbonyl (C=O) groups excluding carboxylic acids is 1. The summed E-state index contributed by atoms with van der Waals surface area (Å²) in [6.07, 6.45) is 1.70. The van der Waals surface area contributed by atoms with Crippen molar-refractivity contribution in [2.24, 2.45) is 5.41 Å². The molecule has 0 atom stereocenters. The van der Waals surface area contributed by atoms with Gasteiger partial charge in [0, 0.05) is 6.54 Å². The second kappa shape index (κ2) is 5.03. The Morgan fingerprint density at radius 1 is 1.26 bits per heavy atom. The van der Waals surface area contributed by atoms with Crippen LogP contribution in [0.3, 0.4) is 0 Å². The normalized spacial score (nSPS) is 16.5. The van der Waals surface area contributed by atoms with E-state index in [1.165, 1.54) is 11.1 Å². The monoisotopic (exact) mass is 261 g/mol. The molecular weight excluding hydrogens is 242 g/mol. The molecule has 0 saturated heterocycles. The quantitative estimate of drug-likeness (QED) is 0.816. The number of carboxylic acids is 1. The van der Waals surface area contributed by atoms with Gasteiger partial charge in [-0.2, -0.15) is 0 Å². The highest BCUT2D eigenvalue weighted by atomic mass is 16.4. The Labute approximate surface area is 112 Å². The van der Waals surface area contributed by atoms with Gasteiger partial charge in [-0.3, -0.25) is 9.59 Å². The Hall–Kier alpha value is -1.84. The summed E-state index contributed by atoms with van der Waals surface area (Å²) >= 11 is 0. The number of aryl methyl sites for hydroxylation is 2.